The summed E-state index contributed by atoms with van der Waals surface area (Å²) in [5.74, 6) is 0.993. The molecule has 0 amide bonds. The first kappa shape index (κ1) is 11.8. The van der Waals surface area contributed by atoms with Crippen molar-refractivity contribution in [3.8, 4) is 5.75 Å². The summed E-state index contributed by atoms with van der Waals surface area (Å²) in [4.78, 5) is 11.7. The molecule has 1 aromatic carbocycles. The molecule has 0 unspecified atom stereocenters. The van der Waals surface area contributed by atoms with Crippen molar-refractivity contribution in [2.75, 3.05) is 7.11 Å². The molecule has 0 heterocycles. The second-order valence-electron chi connectivity index (χ2n) is 3.71. The number of carbonyl (C=O) groups excluding carboxylic acids is 1. The van der Waals surface area contributed by atoms with E-state index in [4.69, 9.17) is 4.74 Å². The Morgan fingerprint density at radius 2 is 2.13 bits per heavy atom. The third-order valence-corrected chi connectivity index (χ3v) is 2.49. The van der Waals surface area contributed by atoms with Crippen LogP contribution in [0, 0.1) is 6.92 Å². The first-order chi connectivity index (χ1) is 7.19. The summed E-state index contributed by atoms with van der Waals surface area (Å²) < 4.78 is 5.19. The molecule has 0 aliphatic carbocycles. The number of unbranched alkanes of at least 4 members (excludes halogenated alkanes) is 1. The highest BCUT2D eigenvalue weighted by Gasteiger charge is 2.07. The topological polar surface area (TPSA) is 26.3 Å². The molecule has 0 aliphatic heterocycles. The van der Waals surface area contributed by atoms with Crippen molar-refractivity contribution in [1.29, 1.82) is 0 Å². The van der Waals surface area contributed by atoms with E-state index in [1.165, 1.54) is 0 Å². The fraction of sp³-hybridized carbons (Fsp3) is 0.462. The number of ether oxygens (including phenoxy) is 1. The Morgan fingerprint density at radius 3 is 2.73 bits per heavy atom. The Bertz CT molecular complexity index is 342. The van der Waals surface area contributed by atoms with Crippen molar-refractivity contribution in [2.45, 2.75) is 33.1 Å². The van der Waals surface area contributed by atoms with Crippen LogP contribution in [0.5, 0.6) is 5.75 Å². The predicted molar refractivity (Wildman–Crippen MR) is 61.6 cm³/mol. The number of rotatable bonds is 5. The lowest BCUT2D eigenvalue weighted by atomic mass is 10.0. The van der Waals surface area contributed by atoms with Gasteiger partial charge < -0.3 is 4.74 Å². The molecule has 0 bridgehead atoms. The van der Waals surface area contributed by atoms with Crippen LogP contribution < -0.4 is 4.74 Å². The van der Waals surface area contributed by atoms with Gasteiger partial charge in [-0.3, -0.25) is 4.79 Å². The van der Waals surface area contributed by atoms with E-state index >= 15 is 0 Å². The molecule has 0 N–H and O–H groups in total. The van der Waals surface area contributed by atoms with Crippen molar-refractivity contribution >= 4 is 5.78 Å². The zero-order valence-corrected chi connectivity index (χ0v) is 9.67. The molecule has 0 fully saturated rings. The molecule has 2 heteroatoms. The largest absolute Gasteiger partial charge is 0.496 e. The van der Waals surface area contributed by atoms with Crippen molar-refractivity contribution in [3.05, 3.63) is 29.3 Å². The van der Waals surface area contributed by atoms with Crippen LogP contribution >= 0.6 is 0 Å². The Morgan fingerprint density at radius 1 is 1.40 bits per heavy atom. The lowest BCUT2D eigenvalue weighted by Crippen LogP contribution is -2.00. The molecule has 0 atom stereocenters. The quantitative estimate of drug-likeness (QED) is 0.690. The molecule has 0 aliphatic rings. The molecular weight excluding hydrogens is 188 g/mol. The van der Waals surface area contributed by atoms with E-state index in [0.29, 0.717) is 6.42 Å². The minimum absolute atomic E-state index is 0.204. The Balaban J connectivity index is 2.81. The maximum atomic E-state index is 11.7. The van der Waals surface area contributed by atoms with Crippen LogP contribution in [-0.2, 0) is 0 Å². The van der Waals surface area contributed by atoms with E-state index < -0.39 is 0 Å². The highest BCUT2D eigenvalue weighted by molar-refractivity contribution is 5.96. The van der Waals surface area contributed by atoms with Gasteiger partial charge in [0.15, 0.2) is 5.78 Å². The summed E-state index contributed by atoms with van der Waals surface area (Å²) in [6.07, 6.45) is 2.63. The van der Waals surface area contributed by atoms with E-state index in [1.807, 2.05) is 25.1 Å². The molecule has 2 nitrogen and oxygen atoms in total. The molecule has 0 spiro atoms. The molecular formula is C13H18O2. The third kappa shape index (κ3) is 3.08. The van der Waals surface area contributed by atoms with E-state index in [2.05, 4.69) is 6.92 Å². The van der Waals surface area contributed by atoms with Crippen LogP contribution in [0.1, 0.15) is 42.1 Å². The van der Waals surface area contributed by atoms with Crippen LogP contribution in [0.4, 0.5) is 0 Å². The monoisotopic (exact) mass is 206 g/mol. The second kappa shape index (κ2) is 5.54. The first-order valence-electron chi connectivity index (χ1n) is 5.37. The van der Waals surface area contributed by atoms with Gasteiger partial charge in [0, 0.05) is 12.0 Å². The van der Waals surface area contributed by atoms with E-state index in [9.17, 15) is 4.79 Å². The van der Waals surface area contributed by atoms with Gasteiger partial charge in [-0.05, 0) is 25.0 Å². The summed E-state index contributed by atoms with van der Waals surface area (Å²) in [7, 11) is 1.63. The van der Waals surface area contributed by atoms with Gasteiger partial charge >= 0.3 is 0 Å². The number of methoxy groups -OCH3 is 1. The molecule has 15 heavy (non-hydrogen) atoms. The van der Waals surface area contributed by atoms with Crippen LogP contribution in [0.2, 0.25) is 0 Å². The number of carbonyl (C=O) groups is 1. The summed E-state index contributed by atoms with van der Waals surface area (Å²) in [5, 5.41) is 0. The number of hydrogen-bond acceptors (Lipinski definition) is 2. The van der Waals surface area contributed by atoms with Gasteiger partial charge in [0.2, 0.25) is 0 Å². The Kier molecular flexibility index (Phi) is 4.35. The van der Waals surface area contributed by atoms with E-state index in [-0.39, 0.29) is 5.78 Å². The highest BCUT2D eigenvalue weighted by atomic mass is 16.5. The lowest BCUT2D eigenvalue weighted by Gasteiger charge is -2.06. The number of hydrogen-bond donors (Lipinski definition) is 0. The standard InChI is InChI=1S/C13H18O2/c1-4-5-6-12(14)11-8-7-10(2)13(9-11)15-3/h7-9H,4-6H2,1-3H3. The minimum atomic E-state index is 0.204. The molecule has 0 saturated heterocycles. The molecule has 0 radical (unpaired) electrons. The second-order valence-corrected chi connectivity index (χ2v) is 3.71. The van der Waals surface area contributed by atoms with Crippen molar-refractivity contribution in [2.24, 2.45) is 0 Å². The molecule has 82 valence electrons. The molecule has 0 saturated carbocycles. The van der Waals surface area contributed by atoms with Crippen LogP contribution in [-0.4, -0.2) is 12.9 Å². The fourth-order valence-electron chi connectivity index (χ4n) is 1.48. The number of benzene rings is 1. The summed E-state index contributed by atoms with van der Waals surface area (Å²) in [6.45, 7) is 4.06. The average molecular weight is 206 g/mol. The summed E-state index contributed by atoms with van der Waals surface area (Å²) >= 11 is 0. The van der Waals surface area contributed by atoms with Gasteiger partial charge in [-0.25, -0.2) is 0 Å². The van der Waals surface area contributed by atoms with Gasteiger partial charge in [0.05, 0.1) is 7.11 Å². The zero-order chi connectivity index (χ0) is 11.3. The van der Waals surface area contributed by atoms with Gasteiger partial charge in [-0.1, -0.05) is 25.5 Å². The van der Waals surface area contributed by atoms with Gasteiger partial charge in [0.25, 0.3) is 0 Å². The average Bonchev–Trinajstić information content (AvgIpc) is 2.26. The number of aryl methyl sites for hydroxylation is 1. The van der Waals surface area contributed by atoms with Gasteiger partial charge in [0.1, 0.15) is 5.75 Å². The zero-order valence-electron chi connectivity index (χ0n) is 9.67. The van der Waals surface area contributed by atoms with Crippen molar-refractivity contribution in [1.82, 2.24) is 0 Å². The number of ketones is 1. The minimum Gasteiger partial charge on any atom is -0.496 e. The van der Waals surface area contributed by atoms with Crippen LogP contribution in [0.15, 0.2) is 18.2 Å². The number of Topliss-reactive ketones (excluding diaryl/α,β-unsaturated/α-hetero) is 1. The summed E-state index contributed by atoms with van der Waals surface area (Å²) in [6, 6.07) is 5.63. The smallest absolute Gasteiger partial charge is 0.163 e. The van der Waals surface area contributed by atoms with E-state index in [1.54, 1.807) is 7.11 Å². The summed E-state index contributed by atoms with van der Waals surface area (Å²) in [5.41, 5.74) is 1.82. The normalized spacial score (nSPS) is 10.1. The lowest BCUT2D eigenvalue weighted by molar-refractivity contribution is 0.0979. The van der Waals surface area contributed by atoms with E-state index in [0.717, 1.165) is 29.7 Å². The predicted octanol–water partition coefficient (Wildman–Crippen LogP) is 3.38. The van der Waals surface area contributed by atoms with Crippen LogP contribution in [0.3, 0.4) is 0 Å². The van der Waals surface area contributed by atoms with Crippen LogP contribution in [0.25, 0.3) is 0 Å². The fourth-order valence-corrected chi connectivity index (χ4v) is 1.48. The Labute approximate surface area is 91.3 Å². The van der Waals surface area contributed by atoms with Crippen molar-refractivity contribution < 1.29 is 9.53 Å². The molecule has 1 rings (SSSR count). The maximum Gasteiger partial charge on any atom is 0.163 e. The van der Waals surface area contributed by atoms with Gasteiger partial charge in [-0.15, -0.1) is 0 Å². The third-order valence-electron chi connectivity index (χ3n) is 2.49. The first-order valence-corrected chi connectivity index (χ1v) is 5.37. The highest BCUT2D eigenvalue weighted by Crippen LogP contribution is 2.20. The maximum absolute atomic E-state index is 11.7. The SMILES string of the molecule is CCCCC(=O)c1ccc(C)c(OC)c1. The van der Waals surface area contributed by atoms with Crippen molar-refractivity contribution in [3.63, 3.8) is 0 Å². The van der Waals surface area contributed by atoms with Gasteiger partial charge in [-0.2, -0.15) is 0 Å². The molecule has 0 aromatic heterocycles. The molecule has 1 aromatic rings. The Hall–Kier alpha value is -1.31.